The van der Waals surface area contributed by atoms with E-state index >= 15 is 0 Å². The van der Waals surface area contributed by atoms with Crippen molar-refractivity contribution in [2.75, 3.05) is 19.0 Å². The number of aryl methyl sites for hydroxylation is 1. The van der Waals surface area contributed by atoms with Crippen LogP contribution in [0, 0.1) is 6.92 Å². The van der Waals surface area contributed by atoms with Gasteiger partial charge < -0.3 is 14.8 Å². The highest BCUT2D eigenvalue weighted by Crippen LogP contribution is 2.22. The minimum atomic E-state index is -0.653. The predicted octanol–water partition coefficient (Wildman–Crippen LogP) is 3.92. The normalized spacial score (nSPS) is 10.6. The number of fused-ring (bicyclic) bond motifs is 1. The summed E-state index contributed by atoms with van der Waals surface area (Å²) in [6.07, 6.45) is 0. The quantitative estimate of drug-likeness (QED) is 0.454. The number of carbonyl (C=O) groups excluding carboxylic acids is 3. The van der Waals surface area contributed by atoms with E-state index in [-0.39, 0.29) is 16.8 Å². The monoisotopic (exact) mass is 443 g/mol. The molecule has 1 heterocycles. The van der Waals surface area contributed by atoms with Gasteiger partial charge in [-0.05, 0) is 49.4 Å². The molecule has 0 aliphatic carbocycles. The Bertz CT molecular complexity index is 1340. The summed E-state index contributed by atoms with van der Waals surface area (Å²) >= 11 is 0. The SMILES string of the molecule is COC(=O)c1ccccc1NC(=O)COC(=O)c1ccc2c(c1)nc(C)n2-c1ccccc1. The van der Waals surface area contributed by atoms with E-state index in [0.29, 0.717) is 5.52 Å². The zero-order chi connectivity index (χ0) is 23.4. The highest BCUT2D eigenvalue weighted by Gasteiger charge is 2.17. The number of rotatable bonds is 6. The number of carbonyl (C=O) groups is 3. The van der Waals surface area contributed by atoms with E-state index < -0.39 is 24.5 Å². The maximum Gasteiger partial charge on any atom is 0.339 e. The van der Waals surface area contributed by atoms with Gasteiger partial charge in [0.1, 0.15) is 5.82 Å². The molecule has 166 valence electrons. The van der Waals surface area contributed by atoms with E-state index in [2.05, 4.69) is 10.3 Å². The lowest BCUT2D eigenvalue weighted by Gasteiger charge is -2.10. The number of hydrogen-bond acceptors (Lipinski definition) is 6. The fourth-order valence-corrected chi connectivity index (χ4v) is 3.51. The molecule has 33 heavy (non-hydrogen) atoms. The van der Waals surface area contributed by atoms with Gasteiger partial charge in [-0.3, -0.25) is 9.36 Å². The number of methoxy groups -OCH3 is 1. The Balaban J connectivity index is 1.46. The van der Waals surface area contributed by atoms with Gasteiger partial charge in [-0.15, -0.1) is 0 Å². The first kappa shape index (κ1) is 21.8. The van der Waals surface area contributed by atoms with Crippen LogP contribution in [-0.4, -0.2) is 41.1 Å². The molecule has 0 aliphatic heterocycles. The summed E-state index contributed by atoms with van der Waals surface area (Å²) in [5.74, 6) is -1.03. The predicted molar refractivity (Wildman–Crippen MR) is 123 cm³/mol. The van der Waals surface area contributed by atoms with Gasteiger partial charge in [-0.1, -0.05) is 30.3 Å². The molecule has 8 nitrogen and oxygen atoms in total. The van der Waals surface area contributed by atoms with Gasteiger partial charge in [0, 0.05) is 5.69 Å². The van der Waals surface area contributed by atoms with Crippen molar-refractivity contribution < 1.29 is 23.9 Å². The lowest BCUT2D eigenvalue weighted by Crippen LogP contribution is -2.22. The van der Waals surface area contributed by atoms with Crippen LogP contribution in [0.25, 0.3) is 16.7 Å². The third-order valence-corrected chi connectivity index (χ3v) is 5.01. The van der Waals surface area contributed by atoms with Crippen LogP contribution < -0.4 is 5.32 Å². The first-order valence-electron chi connectivity index (χ1n) is 10.2. The van der Waals surface area contributed by atoms with E-state index in [1.165, 1.54) is 13.2 Å². The number of nitrogens with one attached hydrogen (secondary N) is 1. The molecule has 0 bridgehead atoms. The minimum absolute atomic E-state index is 0.203. The topological polar surface area (TPSA) is 99.5 Å². The molecule has 0 fully saturated rings. The maximum absolute atomic E-state index is 12.5. The molecule has 0 saturated carbocycles. The van der Waals surface area contributed by atoms with Gasteiger partial charge in [-0.25, -0.2) is 14.6 Å². The summed E-state index contributed by atoms with van der Waals surface area (Å²) in [5.41, 5.74) is 3.22. The lowest BCUT2D eigenvalue weighted by molar-refractivity contribution is -0.119. The zero-order valence-corrected chi connectivity index (χ0v) is 18.1. The molecule has 0 atom stereocenters. The molecule has 8 heteroatoms. The Kier molecular flexibility index (Phi) is 6.17. The largest absolute Gasteiger partial charge is 0.465 e. The molecule has 0 radical (unpaired) electrons. The maximum atomic E-state index is 12.5. The first-order chi connectivity index (χ1) is 16.0. The summed E-state index contributed by atoms with van der Waals surface area (Å²) < 4.78 is 11.9. The minimum Gasteiger partial charge on any atom is -0.465 e. The standard InChI is InChI=1S/C25H21N3O5/c1-16-26-21-14-17(12-13-22(21)28(16)18-8-4-3-5-9-18)24(30)33-15-23(29)27-20-11-7-6-10-19(20)25(31)32-2/h3-14H,15H2,1-2H3,(H,27,29). The molecule has 1 aromatic heterocycles. The number of ether oxygens (including phenoxy) is 2. The summed E-state index contributed by atoms with van der Waals surface area (Å²) in [6.45, 7) is 1.38. The van der Waals surface area contributed by atoms with Crippen molar-refractivity contribution in [3.05, 3.63) is 89.7 Å². The van der Waals surface area contributed by atoms with E-state index in [9.17, 15) is 14.4 Å². The Morgan fingerprint density at radius 2 is 1.67 bits per heavy atom. The van der Waals surface area contributed by atoms with Crippen LogP contribution in [0.4, 0.5) is 5.69 Å². The Morgan fingerprint density at radius 1 is 0.939 bits per heavy atom. The van der Waals surface area contributed by atoms with Gasteiger partial charge in [0.05, 0.1) is 35.0 Å². The van der Waals surface area contributed by atoms with Crippen LogP contribution in [0.3, 0.4) is 0 Å². The van der Waals surface area contributed by atoms with Crippen LogP contribution in [0.15, 0.2) is 72.8 Å². The molecule has 1 amide bonds. The smallest absolute Gasteiger partial charge is 0.339 e. The average molecular weight is 443 g/mol. The summed E-state index contributed by atoms with van der Waals surface area (Å²) in [7, 11) is 1.25. The van der Waals surface area contributed by atoms with Crippen molar-refractivity contribution in [1.82, 2.24) is 9.55 Å². The molecule has 0 saturated heterocycles. The number of nitrogens with zero attached hydrogens (tertiary/aromatic N) is 2. The van der Waals surface area contributed by atoms with Crippen LogP contribution in [0.2, 0.25) is 0 Å². The van der Waals surface area contributed by atoms with Crippen molar-refractivity contribution in [3.63, 3.8) is 0 Å². The summed E-state index contributed by atoms with van der Waals surface area (Å²) in [5, 5.41) is 2.56. The Labute approximate surface area is 189 Å². The third-order valence-electron chi connectivity index (χ3n) is 5.01. The number of benzene rings is 3. The number of para-hydroxylation sites is 2. The summed E-state index contributed by atoms with van der Waals surface area (Å²) in [6, 6.07) is 21.3. The van der Waals surface area contributed by atoms with E-state index in [1.54, 1.807) is 36.4 Å². The molecule has 0 spiro atoms. The van der Waals surface area contributed by atoms with Crippen molar-refractivity contribution in [1.29, 1.82) is 0 Å². The van der Waals surface area contributed by atoms with Crippen molar-refractivity contribution in [3.8, 4) is 5.69 Å². The van der Waals surface area contributed by atoms with Gasteiger partial charge in [-0.2, -0.15) is 0 Å². The summed E-state index contributed by atoms with van der Waals surface area (Å²) in [4.78, 5) is 41.2. The molecule has 4 rings (SSSR count). The fraction of sp³-hybridized carbons (Fsp3) is 0.120. The average Bonchev–Trinajstić information content (AvgIpc) is 3.17. The second-order valence-electron chi connectivity index (χ2n) is 7.19. The van der Waals surface area contributed by atoms with Crippen molar-refractivity contribution >= 4 is 34.6 Å². The van der Waals surface area contributed by atoms with Crippen molar-refractivity contribution in [2.24, 2.45) is 0 Å². The van der Waals surface area contributed by atoms with Crippen LogP contribution in [-0.2, 0) is 14.3 Å². The van der Waals surface area contributed by atoms with Gasteiger partial charge in [0.25, 0.3) is 5.91 Å². The number of anilines is 1. The zero-order valence-electron chi connectivity index (χ0n) is 18.1. The number of esters is 2. The molecule has 3 aromatic carbocycles. The van der Waals surface area contributed by atoms with Crippen LogP contribution >= 0.6 is 0 Å². The molecular formula is C25H21N3O5. The van der Waals surface area contributed by atoms with Crippen LogP contribution in [0.5, 0.6) is 0 Å². The highest BCUT2D eigenvalue weighted by molar-refractivity contribution is 6.02. The van der Waals surface area contributed by atoms with Crippen molar-refractivity contribution in [2.45, 2.75) is 6.92 Å². The molecular weight excluding hydrogens is 422 g/mol. The van der Waals surface area contributed by atoms with E-state index in [4.69, 9.17) is 9.47 Å². The number of hydrogen-bond donors (Lipinski definition) is 1. The number of aromatic nitrogens is 2. The second kappa shape index (κ2) is 9.35. The molecule has 1 N–H and O–H groups in total. The van der Waals surface area contributed by atoms with Gasteiger partial charge >= 0.3 is 11.9 Å². The van der Waals surface area contributed by atoms with Crippen LogP contribution in [0.1, 0.15) is 26.5 Å². The van der Waals surface area contributed by atoms with E-state index in [0.717, 1.165) is 17.0 Å². The Morgan fingerprint density at radius 3 is 2.42 bits per heavy atom. The number of imidazole rings is 1. The molecule has 0 aliphatic rings. The van der Waals surface area contributed by atoms with E-state index in [1.807, 2.05) is 41.8 Å². The highest BCUT2D eigenvalue weighted by atomic mass is 16.5. The second-order valence-corrected chi connectivity index (χ2v) is 7.19. The number of amides is 1. The van der Waals surface area contributed by atoms with Gasteiger partial charge in [0.2, 0.25) is 0 Å². The molecule has 0 unspecified atom stereocenters. The fourth-order valence-electron chi connectivity index (χ4n) is 3.51. The molecule has 4 aromatic rings. The third kappa shape index (κ3) is 4.59. The lowest BCUT2D eigenvalue weighted by atomic mass is 10.2. The van der Waals surface area contributed by atoms with Gasteiger partial charge in [0.15, 0.2) is 6.61 Å². The first-order valence-corrected chi connectivity index (χ1v) is 10.2. The Hall–Kier alpha value is -4.46.